The van der Waals surface area contributed by atoms with Gasteiger partial charge in [-0.3, -0.25) is 19.3 Å². The standard InChI is InChI=1S/C22H24N2O8.C2H5Cl.H2O/c1-7-8-5-4-6-9(25)11(8)16(26)12-10(7)17(27)14-15(24(2)3)18(28)13(21(23)31)20(30)22(14,32)19(12)29;1-2-3;/h4-7,10,14-15,17,25,27-29,32H,1-3H3,(H2,23,31);2H2,1H3;1H2/t7-,10+,14+,15-,17-,22-;;/m0../s1. The van der Waals surface area contributed by atoms with Crippen LogP contribution in [0.4, 0.5) is 0 Å². The smallest absolute Gasteiger partial charge is 0.255 e. The Bertz CT molecular complexity index is 1160. The molecule has 0 unspecified atom stereocenters. The second kappa shape index (κ2) is 10.2. The minimum atomic E-state index is -2.89. The van der Waals surface area contributed by atoms with E-state index in [0.29, 0.717) is 5.56 Å². The summed E-state index contributed by atoms with van der Waals surface area (Å²) in [6.07, 6.45) is -1.59. The van der Waals surface area contributed by atoms with Gasteiger partial charge in [-0.05, 0) is 31.6 Å². The van der Waals surface area contributed by atoms with Crippen molar-refractivity contribution in [1.82, 2.24) is 4.90 Å². The van der Waals surface area contributed by atoms with Gasteiger partial charge in [0.15, 0.2) is 11.4 Å². The molecule has 0 radical (unpaired) electrons. The molecule has 6 atom stereocenters. The summed E-state index contributed by atoms with van der Waals surface area (Å²) in [5.41, 5.74) is 1.36. The number of aromatic hydroxyl groups is 1. The van der Waals surface area contributed by atoms with Crippen LogP contribution < -0.4 is 5.73 Å². The van der Waals surface area contributed by atoms with Crippen molar-refractivity contribution in [3.05, 3.63) is 52.0 Å². The van der Waals surface area contributed by atoms with Gasteiger partial charge in [-0.2, -0.15) is 0 Å². The number of hydrogen-bond acceptors (Lipinski definition) is 9. The molecule has 0 saturated heterocycles. The molecular weight excluding hydrogens is 496 g/mol. The summed E-state index contributed by atoms with van der Waals surface area (Å²) in [6, 6.07) is 3.17. The number of Topliss-reactive ketones (excluding diaryl/α,β-unsaturated/α-hetero) is 2. The Morgan fingerprint density at radius 3 is 2.25 bits per heavy atom. The number of aliphatic hydroxyl groups excluding tert-OH is 3. The first-order valence-electron chi connectivity index (χ1n) is 11.0. The molecule has 0 saturated carbocycles. The van der Waals surface area contributed by atoms with Gasteiger partial charge in [-0.15, -0.1) is 11.6 Å². The highest BCUT2D eigenvalue weighted by molar-refractivity contribution is 6.25. The van der Waals surface area contributed by atoms with E-state index in [4.69, 9.17) is 17.3 Å². The van der Waals surface area contributed by atoms with E-state index in [0.717, 1.165) is 5.88 Å². The summed E-state index contributed by atoms with van der Waals surface area (Å²) >= 11 is 5.00. The molecule has 36 heavy (non-hydrogen) atoms. The molecule has 0 fully saturated rings. The van der Waals surface area contributed by atoms with Crippen LogP contribution in [0.1, 0.15) is 35.7 Å². The molecule has 0 aromatic heterocycles. The SMILES string of the molecule is CCCl.C[C@H]1c2cccc(O)c2C(=O)C2=C(O)[C@]3(O)C(=O)C(C(N)=O)=C(O)[C@@H](N(C)C)[C@@H]3[C@@H](O)[C@@H]21.O. The van der Waals surface area contributed by atoms with Crippen molar-refractivity contribution in [3.8, 4) is 5.75 Å². The molecule has 0 spiro atoms. The van der Waals surface area contributed by atoms with E-state index < -0.39 is 75.6 Å². The number of amides is 1. The van der Waals surface area contributed by atoms with Crippen molar-refractivity contribution in [2.24, 2.45) is 17.6 Å². The van der Waals surface area contributed by atoms with E-state index in [-0.39, 0.29) is 16.8 Å². The van der Waals surface area contributed by atoms with E-state index in [1.54, 1.807) is 19.1 Å². The predicted octanol–water partition coefficient (Wildman–Crippen LogP) is 0.0728. The minimum absolute atomic E-state index is 0. The van der Waals surface area contributed by atoms with E-state index >= 15 is 0 Å². The van der Waals surface area contributed by atoms with Crippen molar-refractivity contribution >= 4 is 29.1 Å². The van der Waals surface area contributed by atoms with Gasteiger partial charge in [-0.25, -0.2) is 0 Å². The number of likely N-dealkylation sites (N-methyl/N-ethyl adjacent to an activating group) is 1. The average Bonchev–Trinajstić information content (AvgIpc) is 2.76. The van der Waals surface area contributed by atoms with Gasteiger partial charge in [0.25, 0.3) is 5.91 Å². The highest BCUT2D eigenvalue weighted by Crippen LogP contribution is 2.55. The van der Waals surface area contributed by atoms with Crippen molar-refractivity contribution in [3.63, 3.8) is 0 Å². The lowest BCUT2D eigenvalue weighted by Gasteiger charge is -2.53. The van der Waals surface area contributed by atoms with Crippen molar-refractivity contribution in [2.75, 3.05) is 20.0 Å². The van der Waals surface area contributed by atoms with Crippen LogP contribution in [-0.4, -0.2) is 91.1 Å². The number of primary amides is 1. The third kappa shape index (κ3) is 3.87. The van der Waals surface area contributed by atoms with Crippen LogP contribution in [0, 0.1) is 11.8 Å². The zero-order chi connectivity index (χ0) is 26.6. The van der Waals surface area contributed by atoms with Gasteiger partial charge < -0.3 is 36.7 Å². The number of fused-ring (bicyclic) bond motifs is 3. The van der Waals surface area contributed by atoms with Crippen LogP contribution in [-0.2, 0) is 9.59 Å². The first-order chi connectivity index (χ1) is 16.3. The topological polar surface area (TPSA) is 213 Å². The summed E-state index contributed by atoms with van der Waals surface area (Å²) in [6.45, 7) is 3.57. The van der Waals surface area contributed by atoms with Crippen LogP contribution >= 0.6 is 11.6 Å². The van der Waals surface area contributed by atoms with Gasteiger partial charge >= 0.3 is 0 Å². The first-order valence-corrected chi connectivity index (χ1v) is 11.5. The molecule has 0 bridgehead atoms. The lowest BCUT2D eigenvalue weighted by atomic mass is 9.55. The van der Waals surface area contributed by atoms with Gasteiger partial charge in [-0.1, -0.05) is 26.0 Å². The number of phenolic OH excluding ortho intramolecular Hbond substituents is 1. The molecule has 198 valence electrons. The number of carbonyl (C=O) groups excluding carboxylic acids is 3. The Labute approximate surface area is 212 Å². The van der Waals surface area contributed by atoms with E-state index in [2.05, 4.69) is 0 Å². The Balaban J connectivity index is 0.00000109. The lowest BCUT2D eigenvalue weighted by molar-refractivity contribution is -0.162. The van der Waals surface area contributed by atoms with E-state index in [1.165, 1.54) is 25.1 Å². The fourth-order valence-corrected chi connectivity index (χ4v) is 5.58. The fraction of sp³-hybridized carbons (Fsp3) is 0.458. The molecule has 0 aliphatic heterocycles. The predicted molar refractivity (Wildman–Crippen MR) is 130 cm³/mol. The Kier molecular flexibility index (Phi) is 8.29. The number of phenols is 1. The average molecular weight is 527 g/mol. The largest absolute Gasteiger partial charge is 0.510 e. The summed E-state index contributed by atoms with van der Waals surface area (Å²) in [5, 5.41) is 55.0. The summed E-state index contributed by atoms with van der Waals surface area (Å²) in [5.74, 6) is -8.14. The number of rotatable bonds is 2. The number of alkyl halides is 1. The maximum atomic E-state index is 13.3. The number of hydrogen-bond donors (Lipinski definition) is 6. The van der Waals surface area contributed by atoms with E-state index in [1.807, 2.05) is 6.92 Å². The Morgan fingerprint density at radius 1 is 1.19 bits per heavy atom. The van der Waals surface area contributed by atoms with Crippen LogP contribution in [0.15, 0.2) is 40.9 Å². The zero-order valence-electron chi connectivity index (χ0n) is 20.2. The maximum absolute atomic E-state index is 13.3. The Hall–Kier alpha value is -2.96. The maximum Gasteiger partial charge on any atom is 0.255 e. The molecule has 1 aromatic rings. The third-order valence-corrected chi connectivity index (χ3v) is 7.00. The number of ketones is 2. The molecule has 11 nitrogen and oxygen atoms in total. The molecule has 0 heterocycles. The van der Waals surface area contributed by atoms with Crippen LogP contribution in [0.2, 0.25) is 0 Å². The van der Waals surface area contributed by atoms with Gasteiger partial charge in [0.1, 0.15) is 22.8 Å². The number of carbonyl (C=O) groups is 3. The molecule has 4 rings (SSSR count). The van der Waals surface area contributed by atoms with Crippen molar-refractivity contribution in [1.29, 1.82) is 0 Å². The quantitative estimate of drug-likeness (QED) is 0.227. The summed E-state index contributed by atoms with van der Waals surface area (Å²) in [4.78, 5) is 39.8. The minimum Gasteiger partial charge on any atom is -0.510 e. The fourth-order valence-electron chi connectivity index (χ4n) is 5.58. The molecule has 12 heteroatoms. The van der Waals surface area contributed by atoms with Crippen LogP contribution in [0.25, 0.3) is 0 Å². The normalized spacial score (nSPS) is 31.1. The van der Waals surface area contributed by atoms with Crippen LogP contribution in [0.5, 0.6) is 5.75 Å². The van der Waals surface area contributed by atoms with Gasteiger partial charge in [0.2, 0.25) is 5.78 Å². The lowest BCUT2D eigenvalue weighted by Crippen LogP contribution is -2.68. The Morgan fingerprint density at radius 2 is 1.75 bits per heavy atom. The summed E-state index contributed by atoms with van der Waals surface area (Å²) in [7, 11) is 2.98. The first kappa shape index (κ1) is 29.3. The molecule has 1 aromatic carbocycles. The number of halogens is 1. The van der Waals surface area contributed by atoms with Crippen LogP contribution in [0.3, 0.4) is 0 Å². The number of aliphatic hydroxyl groups is 4. The second-order valence-electron chi connectivity index (χ2n) is 9.06. The van der Waals surface area contributed by atoms with Crippen molar-refractivity contribution in [2.45, 2.75) is 37.5 Å². The van der Waals surface area contributed by atoms with Crippen molar-refractivity contribution < 1.29 is 45.4 Å². The second-order valence-corrected chi connectivity index (χ2v) is 9.59. The van der Waals surface area contributed by atoms with E-state index in [9.17, 15) is 39.9 Å². The number of nitrogens with zero attached hydrogens (tertiary/aromatic N) is 1. The third-order valence-electron chi connectivity index (χ3n) is 7.00. The highest BCUT2D eigenvalue weighted by Gasteiger charge is 2.67. The molecule has 3 aliphatic rings. The summed E-state index contributed by atoms with van der Waals surface area (Å²) < 4.78 is 0. The number of benzene rings is 1. The van der Waals surface area contributed by atoms with Gasteiger partial charge in [0, 0.05) is 17.4 Å². The highest BCUT2D eigenvalue weighted by atomic mass is 35.5. The number of nitrogens with two attached hydrogens (primary N) is 1. The molecule has 3 aliphatic carbocycles. The molecular formula is C24H31ClN2O9. The molecule has 9 N–H and O–H groups in total. The monoisotopic (exact) mass is 526 g/mol. The molecule has 1 amide bonds. The van der Waals surface area contributed by atoms with Gasteiger partial charge in [0.05, 0.1) is 23.6 Å². The zero-order valence-corrected chi connectivity index (χ0v) is 20.9.